The zero-order chi connectivity index (χ0) is 29.3. The fraction of sp³-hybridized carbons (Fsp3) is 0.258. The highest BCUT2D eigenvalue weighted by Crippen LogP contribution is 2.27. The third-order valence-electron chi connectivity index (χ3n) is 7.51. The van der Waals surface area contributed by atoms with Gasteiger partial charge in [-0.15, -0.1) is 0 Å². The molecule has 0 aliphatic carbocycles. The Morgan fingerprint density at radius 3 is 2.26 bits per heavy atom. The molecule has 5 aromatic rings. The van der Waals surface area contributed by atoms with E-state index >= 15 is 0 Å². The Bertz CT molecular complexity index is 1870. The van der Waals surface area contributed by atoms with E-state index in [0.29, 0.717) is 12.1 Å². The molecular weight excluding hydrogens is 542 g/mol. The number of fused-ring (bicyclic) bond motifs is 2. The summed E-state index contributed by atoms with van der Waals surface area (Å²) in [6.45, 7) is 4.58. The molecule has 218 valence electrons. The molecule has 12 nitrogen and oxygen atoms in total. The maximum Gasteiger partial charge on any atom is 0.251 e. The van der Waals surface area contributed by atoms with Crippen LogP contribution in [0.5, 0.6) is 0 Å². The molecule has 7 rings (SSSR count). The van der Waals surface area contributed by atoms with Crippen LogP contribution < -0.4 is 16.0 Å². The first-order valence-corrected chi connectivity index (χ1v) is 14.4. The topological polar surface area (TPSA) is 142 Å². The number of benzene rings is 3. The average Bonchev–Trinajstić information content (AvgIpc) is 3.82. The number of hydrogen-bond acceptors (Lipinski definition) is 9. The molecule has 4 heterocycles. The Labute approximate surface area is 248 Å². The Hall–Kier alpha value is -5.23. The monoisotopic (exact) mass is 575 g/mol. The number of anilines is 1. The van der Waals surface area contributed by atoms with Crippen molar-refractivity contribution < 1.29 is 4.79 Å². The molecule has 2 aliphatic rings. The predicted molar refractivity (Wildman–Crippen MR) is 170 cm³/mol. The third-order valence-corrected chi connectivity index (χ3v) is 7.51. The van der Waals surface area contributed by atoms with E-state index in [1.165, 1.54) is 0 Å². The first-order valence-electron chi connectivity index (χ1n) is 14.4. The van der Waals surface area contributed by atoms with Crippen LogP contribution in [0.25, 0.3) is 44.8 Å². The quantitative estimate of drug-likeness (QED) is 0.201. The minimum atomic E-state index is -0.0939. The fourth-order valence-electron chi connectivity index (χ4n) is 5.25. The Balaban J connectivity index is 1.06. The lowest BCUT2D eigenvalue weighted by Gasteiger charge is -2.20. The van der Waals surface area contributed by atoms with Crippen molar-refractivity contribution >= 4 is 45.6 Å². The molecule has 3 aromatic carbocycles. The predicted octanol–water partition coefficient (Wildman–Crippen LogP) is 3.11. The van der Waals surface area contributed by atoms with Crippen molar-refractivity contribution in [3.8, 4) is 22.8 Å². The van der Waals surface area contributed by atoms with Gasteiger partial charge in [0, 0.05) is 48.6 Å². The van der Waals surface area contributed by atoms with Crippen molar-refractivity contribution in [1.82, 2.24) is 40.4 Å². The van der Waals surface area contributed by atoms with Crippen LogP contribution in [0.3, 0.4) is 0 Å². The van der Waals surface area contributed by atoms with Gasteiger partial charge in [0.1, 0.15) is 11.6 Å². The molecule has 0 unspecified atom stereocenters. The van der Waals surface area contributed by atoms with Crippen molar-refractivity contribution in [2.75, 3.05) is 58.7 Å². The summed E-state index contributed by atoms with van der Waals surface area (Å²) < 4.78 is 0. The number of imidazole rings is 2. The van der Waals surface area contributed by atoms with Crippen LogP contribution >= 0.6 is 0 Å². The summed E-state index contributed by atoms with van der Waals surface area (Å²) >= 11 is 0. The lowest BCUT2D eigenvalue weighted by atomic mass is 10.1. The SMILES string of the molecule is CN(C)CCNC(=O)c1ccc2nc(-c3ccc(-c4nc5ccc(NC6=NCCN6C6=NCCN6)cc5[nH]4)cc3)[nH]c2c1. The number of aromatic amines is 2. The Morgan fingerprint density at radius 2 is 1.58 bits per heavy atom. The molecule has 0 atom stereocenters. The second-order valence-corrected chi connectivity index (χ2v) is 10.9. The fourth-order valence-corrected chi connectivity index (χ4v) is 5.25. The number of nitrogens with zero attached hydrogens (tertiary/aromatic N) is 6. The van der Waals surface area contributed by atoms with Gasteiger partial charge >= 0.3 is 0 Å². The van der Waals surface area contributed by atoms with Gasteiger partial charge in [-0.1, -0.05) is 24.3 Å². The van der Waals surface area contributed by atoms with Gasteiger partial charge in [-0.3, -0.25) is 19.7 Å². The first-order chi connectivity index (χ1) is 21.0. The Morgan fingerprint density at radius 1 is 0.884 bits per heavy atom. The van der Waals surface area contributed by atoms with Crippen molar-refractivity contribution in [2.24, 2.45) is 9.98 Å². The standard InChI is InChI=1S/C31H33N11O/c1-41(2)15-13-32-29(43)21-7-9-23-25(17-21)39-27(37-23)19-3-5-20(6-4-19)28-38-24-10-8-22(18-26(24)40-28)36-31-35-14-16-42(31)30-33-11-12-34-30/h3-10,17-18H,11-16H2,1-2H3,(H,32,43)(H,33,34)(H,35,36)(H,37,39)(H,38,40). The molecule has 43 heavy (non-hydrogen) atoms. The number of guanidine groups is 2. The normalized spacial score (nSPS) is 14.8. The molecule has 0 saturated heterocycles. The summed E-state index contributed by atoms with van der Waals surface area (Å²) in [6.07, 6.45) is 0. The van der Waals surface area contributed by atoms with Crippen LogP contribution in [-0.2, 0) is 0 Å². The lowest BCUT2D eigenvalue weighted by Crippen LogP contribution is -2.43. The lowest BCUT2D eigenvalue weighted by molar-refractivity contribution is 0.0951. The van der Waals surface area contributed by atoms with E-state index in [0.717, 1.165) is 95.2 Å². The van der Waals surface area contributed by atoms with Crippen molar-refractivity contribution in [3.63, 3.8) is 0 Å². The van der Waals surface area contributed by atoms with Crippen molar-refractivity contribution in [1.29, 1.82) is 0 Å². The molecule has 0 radical (unpaired) electrons. The molecule has 2 aromatic heterocycles. The maximum absolute atomic E-state index is 12.6. The summed E-state index contributed by atoms with van der Waals surface area (Å²) in [6, 6.07) is 19.7. The summed E-state index contributed by atoms with van der Waals surface area (Å²) in [5.41, 5.74) is 6.90. The second-order valence-electron chi connectivity index (χ2n) is 10.9. The van der Waals surface area contributed by atoms with E-state index in [2.05, 4.69) is 40.8 Å². The smallest absolute Gasteiger partial charge is 0.251 e. The van der Waals surface area contributed by atoms with Gasteiger partial charge in [0.2, 0.25) is 11.9 Å². The van der Waals surface area contributed by atoms with Crippen LogP contribution in [0.1, 0.15) is 10.4 Å². The number of rotatable bonds is 7. The number of aromatic nitrogens is 4. The van der Waals surface area contributed by atoms with Gasteiger partial charge in [0.25, 0.3) is 5.91 Å². The summed E-state index contributed by atoms with van der Waals surface area (Å²) in [5, 5.41) is 9.71. The van der Waals surface area contributed by atoms with Crippen LogP contribution in [-0.4, -0.2) is 101 Å². The van der Waals surface area contributed by atoms with Gasteiger partial charge in [-0.05, 0) is 50.5 Å². The van der Waals surface area contributed by atoms with E-state index < -0.39 is 0 Å². The van der Waals surface area contributed by atoms with Gasteiger partial charge in [-0.25, -0.2) is 9.97 Å². The average molecular weight is 576 g/mol. The highest BCUT2D eigenvalue weighted by molar-refractivity contribution is 6.07. The molecular formula is C31H33N11O. The summed E-state index contributed by atoms with van der Waals surface area (Å²) in [7, 11) is 3.96. The van der Waals surface area contributed by atoms with Crippen molar-refractivity contribution in [2.45, 2.75) is 0 Å². The molecule has 12 heteroatoms. The van der Waals surface area contributed by atoms with E-state index in [-0.39, 0.29) is 5.91 Å². The number of hydrogen-bond donors (Lipinski definition) is 5. The molecule has 1 amide bonds. The van der Waals surface area contributed by atoms with Crippen LogP contribution in [0.2, 0.25) is 0 Å². The summed E-state index contributed by atoms with van der Waals surface area (Å²) in [4.78, 5) is 42.2. The second kappa shape index (κ2) is 11.2. The highest BCUT2D eigenvalue weighted by atomic mass is 16.1. The molecule has 0 spiro atoms. The summed E-state index contributed by atoms with van der Waals surface area (Å²) in [5.74, 6) is 3.12. The number of H-pyrrole nitrogens is 2. The number of carbonyl (C=O) groups is 1. The van der Waals surface area contributed by atoms with Crippen LogP contribution in [0.15, 0.2) is 70.6 Å². The van der Waals surface area contributed by atoms with Gasteiger partial charge in [-0.2, -0.15) is 0 Å². The van der Waals surface area contributed by atoms with Crippen LogP contribution in [0, 0.1) is 0 Å². The highest BCUT2D eigenvalue weighted by Gasteiger charge is 2.24. The van der Waals surface area contributed by atoms with E-state index in [9.17, 15) is 4.79 Å². The number of amides is 1. The van der Waals surface area contributed by atoms with Gasteiger partial charge < -0.3 is 30.8 Å². The maximum atomic E-state index is 12.6. The first kappa shape index (κ1) is 26.7. The third kappa shape index (κ3) is 5.52. The number of likely N-dealkylation sites (N-methyl/N-ethyl adjacent to an activating group) is 1. The van der Waals surface area contributed by atoms with E-state index in [1.807, 2.05) is 79.7 Å². The van der Waals surface area contributed by atoms with E-state index in [4.69, 9.17) is 9.97 Å². The minimum Gasteiger partial charge on any atom is -0.354 e. The molecule has 0 saturated carbocycles. The molecule has 0 fully saturated rings. The molecule has 5 N–H and O–H groups in total. The van der Waals surface area contributed by atoms with Gasteiger partial charge in [0.05, 0.1) is 35.2 Å². The Kier molecular flexibility index (Phi) is 6.95. The number of nitrogens with one attached hydrogen (secondary N) is 5. The van der Waals surface area contributed by atoms with Crippen molar-refractivity contribution in [3.05, 3.63) is 66.2 Å². The molecule has 0 bridgehead atoms. The van der Waals surface area contributed by atoms with Crippen LogP contribution in [0.4, 0.5) is 5.69 Å². The zero-order valence-corrected chi connectivity index (χ0v) is 24.1. The minimum absolute atomic E-state index is 0.0939. The van der Waals surface area contributed by atoms with E-state index in [1.54, 1.807) is 0 Å². The number of carbonyl (C=O) groups excluding carboxylic acids is 1. The van der Waals surface area contributed by atoms with Gasteiger partial charge in [0.15, 0.2) is 0 Å². The zero-order valence-electron chi connectivity index (χ0n) is 24.1. The molecule has 2 aliphatic heterocycles. The largest absolute Gasteiger partial charge is 0.354 e. The number of aliphatic imine (C=N–C) groups is 2.